The van der Waals surface area contributed by atoms with Crippen molar-refractivity contribution in [2.24, 2.45) is 0 Å². The van der Waals surface area contributed by atoms with Crippen molar-refractivity contribution in [3.63, 3.8) is 0 Å². The van der Waals surface area contributed by atoms with Crippen molar-refractivity contribution in [1.82, 2.24) is 0 Å². The molecule has 2 aromatic carbocycles. The molecule has 0 aromatic heterocycles. The molecule has 0 aliphatic rings. The number of halogens is 2. The lowest BCUT2D eigenvalue weighted by Crippen LogP contribution is -2.24. The van der Waals surface area contributed by atoms with Crippen LogP contribution >= 0.6 is 31.9 Å². The number of nitrogen functional groups attached to an aromatic ring is 1. The molecular weight excluding hydrogens is 386 g/mol. The van der Waals surface area contributed by atoms with E-state index in [9.17, 15) is 4.79 Å². The van der Waals surface area contributed by atoms with E-state index >= 15 is 0 Å². The van der Waals surface area contributed by atoms with Crippen LogP contribution in [-0.4, -0.2) is 11.9 Å². The Kier molecular flexibility index (Phi) is 4.83. The number of carbonyl (C=O) groups excluding carboxylic acids is 1. The Morgan fingerprint density at radius 3 is 2.45 bits per heavy atom. The van der Waals surface area contributed by atoms with Gasteiger partial charge < -0.3 is 10.5 Å². The van der Waals surface area contributed by atoms with E-state index in [1.54, 1.807) is 37.3 Å². The van der Waals surface area contributed by atoms with E-state index in [0.717, 1.165) is 8.95 Å². The van der Waals surface area contributed by atoms with Crippen molar-refractivity contribution < 1.29 is 9.53 Å². The summed E-state index contributed by atoms with van der Waals surface area (Å²) < 4.78 is 7.24. The first kappa shape index (κ1) is 15.1. The SMILES string of the molecule is CC(Oc1ccc(N)cc1)C(=O)c1cc(Br)ccc1Br. The van der Waals surface area contributed by atoms with Gasteiger partial charge in [-0.2, -0.15) is 0 Å². The zero-order chi connectivity index (χ0) is 14.7. The van der Waals surface area contributed by atoms with E-state index < -0.39 is 6.10 Å². The lowest BCUT2D eigenvalue weighted by molar-refractivity contribution is 0.0817. The maximum Gasteiger partial charge on any atom is 0.204 e. The summed E-state index contributed by atoms with van der Waals surface area (Å²) in [5, 5.41) is 0. The number of carbonyl (C=O) groups is 1. The van der Waals surface area contributed by atoms with Gasteiger partial charge in [0.25, 0.3) is 0 Å². The third-order valence-electron chi connectivity index (χ3n) is 2.76. The van der Waals surface area contributed by atoms with Gasteiger partial charge in [0.15, 0.2) is 6.10 Å². The van der Waals surface area contributed by atoms with Crippen LogP contribution in [0.15, 0.2) is 51.4 Å². The Morgan fingerprint density at radius 1 is 1.15 bits per heavy atom. The van der Waals surface area contributed by atoms with E-state index in [2.05, 4.69) is 31.9 Å². The van der Waals surface area contributed by atoms with Gasteiger partial charge in [-0.1, -0.05) is 31.9 Å². The molecule has 0 heterocycles. The molecule has 0 radical (unpaired) electrons. The van der Waals surface area contributed by atoms with E-state index in [1.807, 2.05) is 12.1 Å². The van der Waals surface area contributed by atoms with Gasteiger partial charge in [0.05, 0.1) is 0 Å². The number of ketones is 1. The number of hydrogen-bond acceptors (Lipinski definition) is 3. The van der Waals surface area contributed by atoms with E-state index in [1.165, 1.54) is 0 Å². The molecule has 0 saturated carbocycles. The number of hydrogen-bond donors (Lipinski definition) is 1. The second-order valence-electron chi connectivity index (χ2n) is 4.32. The number of anilines is 1. The summed E-state index contributed by atoms with van der Waals surface area (Å²) in [5.41, 5.74) is 6.85. The van der Waals surface area contributed by atoms with Gasteiger partial charge in [0, 0.05) is 20.2 Å². The minimum Gasteiger partial charge on any atom is -0.483 e. The molecule has 2 rings (SSSR count). The molecule has 0 fully saturated rings. The maximum atomic E-state index is 12.4. The van der Waals surface area contributed by atoms with Gasteiger partial charge in [0.1, 0.15) is 5.75 Å². The number of ether oxygens (including phenoxy) is 1. The molecule has 0 amide bonds. The number of nitrogens with two attached hydrogens (primary N) is 1. The molecule has 0 aliphatic heterocycles. The van der Waals surface area contributed by atoms with E-state index in [0.29, 0.717) is 17.0 Å². The molecule has 1 atom stereocenters. The number of Topliss-reactive ketones (excluding diaryl/α,β-unsaturated/α-hetero) is 1. The summed E-state index contributed by atoms with van der Waals surface area (Å²) in [6, 6.07) is 12.4. The zero-order valence-corrected chi connectivity index (χ0v) is 13.9. The second kappa shape index (κ2) is 6.41. The van der Waals surface area contributed by atoms with Crippen LogP contribution in [0.2, 0.25) is 0 Å². The lowest BCUT2D eigenvalue weighted by Gasteiger charge is -2.15. The van der Waals surface area contributed by atoms with Crippen molar-refractivity contribution in [3.8, 4) is 5.75 Å². The van der Waals surface area contributed by atoms with Gasteiger partial charge in [-0.25, -0.2) is 0 Å². The molecular formula is C15H13Br2NO2. The number of benzene rings is 2. The van der Waals surface area contributed by atoms with Gasteiger partial charge in [0.2, 0.25) is 5.78 Å². The second-order valence-corrected chi connectivity index (χ2v) is 6.09. The quantitative estimate of drug-likeness (QED) is 0.611. The highest BCUT2D eigenvalue weighted by atomic mass is 79.9. The fourth-order valence-electron chi connectivity index (χ4n) is 1.71. The lowest BCUT2D eigenvalue weighted by atomic mass is 10.1. The molecule has 0 spiro atoms. The average Bonchev–Trinajstić information content (AvgIpc) is 2.43. The number of rotatable bonds is 4. The molecule has 0 aliphatic carbocycles. The summed E-state index contributed by atoms with van der Waals surface area (Å²) in [4.78, 5) is 12.4. The minimum atomic E-state index is -0.579. The Hall–Kier alpha value is -1.33. The van der Waals surface area contributed by atoms with Crippen LogP contribution in [-0.2, 0) is 0 Å². The first-order valence-corrected chi connectivity index (χ1v) is 7.57. The molecule has 0 saturated heterocycles. The van der Waals surface area contributed by atoms with E-state index in [-0.39, 0.29) is 5.78 Å². The highest BCUT2D eigenvalue weighted by Gasteiger charge is 2.19. The molecule has 0 bridgehead atoms. The Morgan fingerprint density at radius 2 is 1.80 bits per heavy atom. The average molecular weight is 399 g/mol. The standard InChI is InChI=1S/C15H13Br2NO2/c1-9(20-12-5-3-11(18)4-6-12)15(19)13-8-10(16)2-7-14(13)17/h2-9H,18H2,1H3. The fourth-order valence-corrected chi connectivity index (χ4v) is 2.51. The van der Waals surface area contributed by atoms with Crippen molar-refractivity contribution in [3.05, 3.63) is 57.0 Å². The van der Waals surface area contributed by atoms with Crippen molar-refractivity contribution >= 4 is 43.3 Å². The summed E-state index contributed by atoms with van der Waals surface area (Å²) in [7, 11) is 0. The molecule has 1 unspecified atom stereocenters. The van der Waals surface area contributed by atoms with Crippen molar-refractivity contribution in [2.75, 3.05) is 5.73 Å². The smallest absolute Gasteiger partial charge is 0.204 e. The van der Waals surface area contributed by atoms with Crippen molar-refractivity contribution in [1.29, 1.82) is 0 Å². The molecule has 104 valence electrons. The van der Waals surface area contributed by atoms with Crippen LogP contribution in [0.3, 0.4) is 0 Å². The first-order valence-electron chi connectivity index (χ1n) is 5.99. The Balaban J connectivity index is 2.16. The highest BCUT2D eigenvalue weighted by Crippen LogP contribution is 2.24. The monoisotopic (exact) mass is 397 g/mol. The highest BCUT2D eigenvalue weighted by molar-refractivity contribution is 9.11. The van der Waals surface area contributed by atoms with Gasteiger partial charge in [-0.05, 0) is 49.4 Å². The molecule has 3 nitrogen and oxygen atoms in total. The van der Waals surface area contributed by atoms with Crippen molar-refractivity contribution in [2.45, 2.75) is 13.0 Å². The predicted octanol–water partition coefficient (Wildman–Crippen LogP) is 4.44. The van der Waals surface area contributed by atoms with Gasteiger partial charge in [-0.3, -0.25) is 4.79 Å². The summed E-state index contributed by atoms with van der Waals surface area (Å²) in [5.74, 6) is 0.529. The van der Waals surface area contributed by atoms with Crippen LogP contribution in [0.25, 0.3) is 0 Å². The molecule has 2 aromatic rings. The summed E-state index contributed by atoms with van der Waals surface area (Å²) in [6.07, 6.45) is -0.579. The van der Waals surface area contributed by atoms with Gasteiger partial charge >= 0.3 is 0 Å². The summed E-state index contributed by atoms with van der Waals surface area (Å²) in [6.45, 7) is 1.73. The maximum absolute atomic E-state index is 12.4. The third kappa shape index (κ3) is 3.61. The Bertz CT molecular complexity index is 626. The topological polar surface area (TPSA) is 52.3 Å². The van der Waals surface area contributed by atoms with Crippen LogP contribution < -0.4 is 10.5 Å². The van der Waals surface area contributed by atoms with E-state index in [4.69, 9.17) is 10.5 Å². The minimum absolute atomic E-state index is 0.0880. The van der Waals surface area contributed by atoms with Crippen LogP contribution in [0.4, 0.5) is 5.69 Å². The molecule has 20 heavy (non-hydrogen) atoms. The van der Waals surface area contributed by atoms with Gasteiger partial charge in [-0.15, -0.1) is 0 Å². The van der Waals surface area contributed by atoms with Crippen LogP contribution in [0.5, 0.6) is 5.75 Å². The Labute approximate surface area is 134 Å². The fraction of sp³-hybridized carbons (Fsp3) is 0.133. The largest absolute Gasteiger partial charge is 0.483 e. The first-order chi connectivity index (χ1) is 9.47. The van der Waals surface area contributed by atoms with Crippen LogP contribution in [0, 0.1) is 0 Å². The predicted molar refractivity (Wildman–Crippen MR) is 87.1 cm³/mol. The normalized spacial score (nSPS) is 11.9. The summed E-state index contributed by atoms with van der Waals surface area (Å²) >= 11 is 6.74. The zero-order valence-electron chi connectivity index (χ0n) is 10.8. The molecule has 5 heteroatoms. The molecule has 2 N–H and O–H groups in total. The third-order valence-corrected chi connectivity index (χ3v) is 3.94. The van der Waals surface area contributed by atoms with Crippen LogP contribution in [0.1, 0.15) is 17.3 Å².